The van der Waals surface area contributed by atoms with Crippen molar-refractivity contribution < 1.29 is 0 Å². The number of anilines is 1. The van der Waals surface area contributed by atoms with Gasteiger partial charge in [-0.05, 0) is 41.1 Å². The third-order valence-corrected chi connectivity index (χ3v) is 3.37. The van der Waals surface area contributed by atoms with E-state index in [2.05, 4.69) is 36.8 Å². The largest absolute Gasteiger partial charge is 0.396 e. The van der Waals surface area contributed by atoms with Crippen molar-refractivity contribution >= 4 is 48.5 Å². The molecule has 0 spiro atoms. The number of nitrogens with zero attached hydrogens (tertiary/aromatic N) is 1. The topological polar surface area (TPSA) is 38.9 Å². The highest BCUT2D eigenvalue weighted by Crippen LogP contribution is 2.33. The van der Waals surface area contributed by atoms with Crippen LogP contribution in [0.5, 0.6) is 0 Å². The van der Waals surface area contributed by atoms with E-state index in [4.69, 9.17) is 5.73 Å². The van der Waals surface area contributed by atoms with E-state index in [0.717, 1.165) is 25.5 Å². The van der Waals surface area contributed by atoms with Gasteiger partial charge in [-0.2, -0.15) is 0 Å². The number of nitrogen functional groups attached to an aromatic ring is 1. The lowest BCUT2D eigenvalue weighted by atomic mass is 10.2. The van der Waals surface area contributed by atoms with Crippen molar-refractivity contribution in [2.75, 3.05) is 5.73 Å². The van der Waals surface area contributed by atoms with Crippen LogP contribution in [-0.2, 0) is 0 Å². The van der Waals surface area contributed by atoms with Crippen LogP contribution in [0.25, 0.3) is 10.9 Å². The van der Waals surface area contributed by atoms with Crippen LogP contribution in [0.15, 0.2) is 27.1 Å². The number of hydrogen-bond acceptors (Lipinski definition) is 2. The molecule has 0 aliphatic carbocycles. The van der Waals surface area contributed by atoms with Gasteiger partial charge in [0.05, 0.1) is 11.2 Å². The zero-order valence-electron chi connectivity index (χ0n) is 7.51. The standard InChI is InChI=1S/C10H8Br2N2/c1-5-2-3-6-7(11)4-8(12)9(13)10(6)14-5/h2-4H,13H2,1H3. The number of aryl methyl sites for hydroxylation is 1. The molecule has 1 aromatic heterocycles. The predicted molar refractivity (Wildman–Crippen MR) is 66.3 cm³/mol. The number of halogens is 2. The monoisotopic (exact) mass is 314 g/mol. The highest BCUT2D eigenvalue weighted by Gasteiger charge is 2.07. The van der Waals surface area contributed by atoms with E-state index >= 15 is 0 Å². The summed E-state index contributed by atoms with van der Waals surface area (Å²) in [6, 6.07) is 5.93. The predicted octanol–water partition coefficient (Wildman–Crippen LogP) is 3.65. The normalized spacial score (nSPS) is 10.8. The van der Waals surface area contributed by atoms with E-state index in [1.165, 1.54) is 0 Å². The van der Waals surface area contributed by atoms with Gasteiger partial charge in [-0.15, -0.1) is 0 Å². The Labute approximate surface area is 98.8 Å². The first-order valence-electron chi connectivity index (χ1n) is 4.10. The summed E-state index contributed by atoms with van der Waals surface area (Å²) in [6.45, 7) is 1.95. The molecular weight excluding hydrogens is 308 g/mol. The quantitative estimate of drug-likeness (QED) is 0.754. The van der Waals surface area contributed by atoms with Gasteiger partial charge in [-0.3, -0.25) is 4.98 Å². The minimum absolute atomic E-state index is 0.687. The number of aromatic nitrogens is 1. The third kappa shape index (κ3) is 1.53. The summed E-state index contributed by atoms with van der Waals surface area (Å²) in [5.74, 6) is 0. The maximum Gasteiger partial charge on any atom is 0.0957 e. The molecule has 72 valence electrons. The molecule has 14 heavy (non-hydrogen) atoms. The Kier molecular flexibility index (Phi) is 2.49. The number of benzene rings is 1. The van der Waals surface area contributed by atoms with Crippen LogP contribution in [0, 0.1) is 6.92 Å². The van der Waals surface area contributed by atoms with E-state index in [1.54, 1.807) is 0 Å². The fourth-order valence-electron chi connectivity index (χ4n) is 1.33. The summed E-state index contributed by atoms with van der Waals surface area (Å²) >= 11 is 6.88. The molecule has 0 aliphatic heterocycles. The van der Waals surface area contributed by atoms with Gasteiger partial charge >= 0.3 is 0 Å². The summed E-state index contributed by atoms with van der Waals surface area (Å²) in [7, 11) is 0. The maximum absolute atomic E-state index is 5.93. The van der Waals surface area contributed by atoms with Crippen molar-refractivity contribution in [3.63, 3.8) is 0 Å². The molecule has 2 N–H and O–H groups in total. The van der Waals surface area contributed by atoms with Crippen LogP contribution in [0.4, 0.5) is 5.69 Å². The summed E-state index contributed by atoms with van der Waals surface area (Å²) in [4.78, 5) is 4.41. The molecule has 0 amide bonds. The molecule has 2 aromatic rings. The summed E-state index contributed by atoms with van der Waals surface area (Å²) in [5.41, 5.74) is 8.42. The van der Waals surface area contributed by atoms with Crippen LogP contribution in [0.1, 0.15) is 5.69 Å². The van der Waals surface area contributed by atoms with Crippen LogP contribution in [0.2, 0.25) is 0 Å². The van der Waals surface area contributed by atoms with Crippen LogP contribution in [-0.4, -0.2) is 4.98 Å². The molecule has 0 fully saturated rings. The van der Waals surface area contributed by atoms with Crippen molar-refractivity contribution in [2.45, 2.75) is 6.92 Å². The second-order valence-corrected chi connectivity index (χ2v) is 4.81. The Bertz CT molecular complexity index is 509. The molecule has 0 aliphatic rings. The number of hydrogen-bond donors (Lipinski definition) is 1. The van der Waals surface area contributed by atoms with Crippen molar-refractivity contribution in [2.24, 2.45) is 0 Å². The second kappa shape index (κ2) is 3.51. The highest BCUT2D eigenvalue weighted by molar-refractivity contribution is 9.11. The van der Waals surface area contributed by atoms with Gasteiger partial charge < -0.3 is 5.73 Å². The molecule has 1 aromatic carbocycles. The molecule has 2 nitrogen and oxygen atoms in total. The lowest BCUT2D eigenvalue weighted by Gasteiger charge is -2.06. The minimum atomic E-state index is 0.687. The average molecular weight is 316 g/mol. The Balaban J connectivity index is 2.95. The Hall–Kier alpha value is -0.610. The Morgan fingerprint density at radius 2 is 1.93 bits per heavy atom. The summed E-state index contributed by atoms with van der Waals surface area (Å²) in [6.07, 6.45) is 0. The van der Waals surface area contributed by atoms with Crippen molar-refractivity contribution in [3.05, 3.63) is 32.8 Å². The molecule has 0 unspecified atom stereocenters. The first-order valence-corrected chi connectivity index (χ1v) is 5.69. The van der Waals surface area contributed by atoms with Crippen LogP contribution >= 0.6 is 31.9 Å². The molecule has 4 heteroatoms. The maximum atomic E-state index is 5.93. The number of pyridine rings is 1. The highest BCUT2D eigenvalue weighted by atomic mass is 79.9. The zero-order chi connectivity index (χ0) is 10.3. The van der Waals surface area contributed by atoms with Gasteiger partial charge in [0, 0.05) is 20.0 Å². The number of nitrogens with two attached hydrogens (primary N) is 1. The summed E-state index contributed by atoms with van der Waals surface area (Å²) in [5, 5.41) is 1.04. The van der Waals surface area contributed by atoms with E-state index in [-0.39, 0.29) is 0 Å². The van der Waals surface area contributed by atoms with Gasteiger partial charge in [-0.25, -0.2) is 0 Å². The molecule has 0 radical (unpaired) electrons. The van der Waals surface area contributed by atoms with E-state index < -0.39 is 0 Å². The van der Waals surface area contributed by atoms with Crippen molar-refractivity contribution in [1.82, 2.24) is 4.98 Å². The minimum Gasteiger partial charge on any atom is -0.396 e. The van der Waals surface area contributed by atoms with Gasteiger partial charge in [0.1, 0.15) is 0 Å². The summed E-state index contributed by atoms with van der Waals surface area (Å²) < 4.78 is 1.87. The van der Waals surface area contributed by atoms with E-state index in [0.29, 0.717) is 5.69 Å². The van der Waals surface area contributed by atoms with Crippen LogP contribution in [0.3, 0.4) is 0 Å². The average Bonchev–Trinajstić information content (AvgIpc) is 2.14. The smallest absolute Gasteiger partial charge is 0.0957 e. The number of fused-ring (bicyclic) bond motifs is 1. The molecule has 0 saturated heterocycles. The zero-order valence-corrected chi connectivity index (χ0v) is 10.7. The lowest BCUT2D eigenvalue weighted by molar-refractivity contribution is 1.25. The second-order valence-electron chi connectivity index (χ2n) is 3.10. The van der Waals surface area contributed by atoms with Crippen LogP contribution < -0.4 is 5.73 Å². The molecule has 1 heterocycles. The fraction of sp³-hybridized carbons (Fsp3) is 0.100. The van der Waals surface area contributed by atoms with E-state index in [9.17, 15) is 0 Å². The Morgan fingerprint density at radius 3 is 2.64 bits per heavy atom. The van der Waals surface area contributed by atoms with Crippen molar-refractivity contribution in [3.8, 4) is 0 Å². The van der Waals surface area contributed by atoms with Crippen molar-refractivity contribution in [1.29, 1.82) is 0 Å². The lowest BCUT2D eigenvalue weighted by Crippen LogP contribution is -1.93. The molecule has 0 bridgehead atoms. The van der Waals surface area contributed by atoms with Gasteiger partial charge in [0.25, 0.3) is 0 Å². The molecule has 0 atom stereocenters. The SMILES string of the molecule is Cc1ccc2c(Br)cc(Br)c(N)c2n1. The Morgan fingerprint density at radius 1 is 1.21 bits per heavy atom. The first kappa shape index (κ1) is 9.93. The van der Waals surface area contributed by atoms with Gasteiger partial charge in [0.15, 0.2) is 0 Å². The van der Waals surface area contributed by atoms with Gasteiger partial charge in [0.2, 0.25) is 0 Å². The third-order valence-electron chi connectivity index (χ3n) is 2.06. The molecule has 2 rings (SSSR count). The number of rotatable bonds is 0. The molecule has 0 saturated carbocycles. The van der Waals surface area contributed by atoms with Gasteiger partial charge in [-0.1, -0.05) is 15.9 Å². The fourth-order valence-corrected chi connectivity index (χ4v) is 2.61. The first-order chi connectivity index (χ1) is 6.59. The van der Waals surface area contributed by atoms with E-state index in [1.807, 2.05) is 25.1 Å². The molecular formula is C10H8Br2N2.